The normalized spacial score (nSPS) is 25.0. The van der Waals surface area contributed by atoms with Crippen molar-refractivity contribution in [2.24, 2.45) is 11.7 Å². The molecular weight excluding hydrogens is 236 g/mol. The van der Waals surface area contributed by atoms with Crippen LogP contribution in [0.3, 0.4) is 0 Å². The minimum Gasteiger partial charge on any atom is -0.481 e. The number of carboxylic acids is 1. The predicted molar refractivity (Wildman–Crippen MR) is 60.4 cm³/mol. The Morgan fingerprint density at radius 3 is 2.89 bits per heavy atom. The molecule has 2 atom stereocenters. The Kier molecular flexibility index (Phi) is 2.90. The van der Waals surface area contributed by atoms with E-state index < -0.39 is 17.9 Å². The van der Waals surface area contributed by atoms with Crippen LogP contribution in [0.4, 0.5) is 0 Å². The molecule has 3 N–H and O–H groups in total. The van der Waals surface area contributed by atoms with Gasteiger partial charge >= 0.3 is 5.97 Å². The Bertz CT molecular complexity index is 505. The summed E-state index contributed by atoms with van der Waals surface area (Å²) >= 11 is 0. The molecule has 1 amide bonds. The summed E-state index contributed by atoms with van der Waals surface area (Å²) in [5, 5.41) is 21.0. The SMILES string of the molecule is C=CC(C(=O)O)C1=C(C#N)CN2CC(N)C(=O)N12. The van der Waals surface area contributed by atoms with Gasteiger partial charge in [-0.2, -0.15) is 5.26 Å². The third-order valence-corrected chi connectivity index (χ3v) is 3.03. The first-order valence-electron chi connectivity index (χ1n) is 5.34. The third kappa shape index (κ3) is 1.59. The summed E-state index contributed by atoms with van der Waals surface area (Å²) in [5.74, 6) is -2.62. The first kappa shape index (κ1) is 12.3. The summed E-state index contributed by atoms with van der Waals surface area (Å²) < 4.78 is 0. The van der Waals surface area contributed by atoms with Crippen molar-refractivity contribution in [2.75, 3.05) is 13.1 Å². The van der Waals surface area contributed by atoms with Gasteiger partial charge in [0.05, 0.1) is 23.9 Å². The number of hydrogen-bond acceptors (Lipinski definition) is 5. The van der Waals surface area contributed by atoms with Gasteiger partial charge in [0, 0.05) is 6.54 Å². The van der Waals surface area contributed by atoms with Crippen LogP contribution in [0.2, 0.25) is 0 Å². The van der Waals surface area contributed by atoms with E-state index in [1.165, 1.54) is 11.1 Å². The molecule has 0 saturated carbocycles. The lowest BCUT2D eigenvalue weighted by Crippen LogP contribution is -2.38. The fraction of sp³-hybridized carbons (Fsp3) is 0.364. The van der Waals surface area contributed by atoms with E-state index in [4.69, 9.17) is 16.1 Å². The van der Waals surface area contributed by atoms with Crippen molar-refractivity contribution in [1.82, 2.24) is 10.0 Å². The summed E-state index contributed by atoms with van der Waals surface area (Å²) in [5.41, 5.74) is 6.05. The zero-order valence-corrected chi connectivity index (χ0v) is 9.54. The van der Waals surface area contributed by atoms with Gasteiger partial charge in [-0.1, -0.05) is 6.08 Å². The van der Waals surface area contributed by atoms with Crippen LogP contribution in [0.15, 0.2) is 23.9 Å². The maximum atomic E-state index is 11.9. The highest BCUT2D eigenvalue weighted by molar-refractivity contribution is 5.88. The summed E-state index contributed by atoms with van der Waals surface area (Å²) in [6.07, 6.45) is 1.20. The molecule has 94 valence electrons. The molecule has 7 nitrogen and oxygen atoms in total. The van der Waals surface area contributed by atoms with E-state index in [1.807, 2.05) is 6.07 Å². The monoisotopic (exact) mass is 248 g/mol. The van der Waals surface area contributed by atoms with Gasteiger partial charge in [-0.25, -0.2) is 10.0 Å². The minimum absolute atomic E-state index is 0.165. The van der Waals surface area contributed by atoms with Crippen LogP contribution >= 0.6 is 0 Å². The molecule has 0 aromatic rings. The number of rotatable bonds is 3. The number of carbonyl (C=O) groups is 2. The molecule has 2 aliphatic heterocycles. The Balaban J connectivity index is 2.47. The van der Waals surface area contributed by atoms with Crippen molar-refractivity contribution in [3.8, 4) is 6.07 Å². The van der Waals surface area contributed by atoms with Gasteiger partial charge in [0.15, 0.2) is 0 Å². The number of hydrogen-bond donors (Lipinski definition) is 2. The van der Waals surface area contributed by atoms with Crippen LogP contribution in [-0.4, -0.2) is 46.1 Å². The second kappa shape index (κ2) is 4.25. The molecule has 1 fully saturated rings. The molecule has 0 bridgehead atoms. The maximum Gasteiger partial charge on any atom is 0.316 e. The molecule has 2 aliphatic rings. The second-order valence-corrected chi connectivity index (χ2v) is 4.13. The number of aliphatic carboxylic acids is 1. The number of amides is 1. The number of carbonyl (C=O) groups excluding carboxylic acids is 1. The Morgan fingerprint density at radius 1 is 1.72 bits per heavy atom. The van der Waals surface area contributed by atoms with Crippen LogP contribution in [0.5, 0.6) is 0 Å². The van der Waals surface area contributed by atoms with Gasteiger partial charge < -0.3 is 10.8 Å². The van der Waals surface area contributed by atoms with Crippen molar-refractivity contribution >= 4 is 11.9 Å². The van der Waals surface area contributed by atoms with Crippen molar-refractivity contribution in [3.05, 3.63) is 23.9 Å². The molecule has 0 aromatic heterocycles. The first-order valence-corrected chi connectivity index (χ1v) is 5.34. The molecule has 1 saturated heterocycles. The lowest BCUT2D eigenvalue weighted by atomic mass is 10.0. The Hall–Kier alpha value is -2.17. The van der Waals surface area contributed by atoms with Gasteiger partial charge in [-0.05, 0) is 0 Å². The lowest BCUT2D eigenvalue weighted by Gasteiger charge is -2.23. The van der Waals surface area contributed by atoms with Gasteiger partial charge in [0.2, 0.25) is 0 Å². The maximum absolute atomic E-state index is 11.9. The third-order valence-electron chi connectivity index (χ3n) is 3.03. The molecule has 0 aromatic carbocycles. The van der Waals surface area contributed by atoms with Crippen molar-refractivity contribution < 1.29 is 14.7 Å². The van der Waals surface area contributed by atoms with E-state index in [-0.39, 0.29) is 30.3 Å². The number of nitrogens with two attached hydrogens (primary N) is 1. The standard InChI is InChI=1S/C11H12N4O3/c1-2-7(11(17)18)9-6(3-12)4-14-5-8(13)10(16)15(9)14/h2,7-8H,1,4-5,13H2,(H,17,18). The van der Waals surface area contributed by atoms with Gasteiger partial charge in [0.25, 0.3) is 5.91 Å². The number of fused-ring (bicyclic) bond motifs is 1. The number of hydrazine groups is 1. The van der Waals surface area contributed by atoms with E-state index in [2.05, 4.69) is 6.58 Å². The molecule has 0 radical (unpaired) electrons. The quantitative estimate of drug-likeness (QED) is 0.623. The predicted octanol–water partition coefficient (Wildman–Crippen LogP) is -0.949. The van der Waals surface area contributed by atoms with E-state index in [1.54, 1.807) is 5.01 Å². The van der Waals surface area contributed by atoms with Crippen molar-refractivity contribution in [2.45, 2.75) is 6.04 Å². The Morgan fingerprint density at radius 2 is 2.39 bits per heavy atom. The van der Waals surface area contributed by atoms with Crippen LogP contribution in [0.1, 0.15) is 0 Å². The summed E-state index contributed by atoms with van der Waals surface area (Å²) in [6.45, 7) is 3.94. The second-order valence-electron chi connectivity index (χ2n) is 4.13. The fourth-order valence-electron chi connectivity index (χ4n) is 2.22. The molecule has 0 spiro atoms. The first-order chi connectivity index (χ1) is 8.51. The average molecular weight is 248 g/mol. The van der Waals surface area contributed by atoms with Crippen molar-refractivity contribution in [3.63, 3.8) is 0 Å². The minimum atomic E-state index is -1.15. The lowest BCUT2D eigenvalue weighted by molar-refractivity contribution is -0.141. The summed E-state index contributed by atoms with van der Waals surface area (Å²) in [6, 6.07) is 1.26. The van der Waals surface area contributed by atoms with Gasteiger partial charge in [0.1, 0.15) is 12.0 Å². The topological polar surface area (TPSA) is 111 Å². The van der Waals surface area contributed by atoms with Crippen LogP contribution < -0.4 is 5.73 Å². The largest absolute Gasteiger partial charge is 0.481 e. The number of nitriles is 1. The fourth-order valence-corrected chi connectivity index (χ4v) is 2.22. The van der Waals surface area contributed by atoms with E-state index in [0.717, 1.165) is 0 Å². The smallest absolute Gasteiger partial charge is 0.316 e. The van der Waals surface area contributed by atoms with Gasteiger partial charge in [-0.15, -0.1) is 6.58 Å². The number of nitrogens with zero attached hydrogens (tertiary/aromatic N) is 3. The average Bonchev–Trinajstić information content (AvgIpc) is 2.79. The molecule has 7 heteroatoms. The Labute approximate surface area is 103 Å². The molecule has 2 unspecified atom stereocenters. The molecule has 2 rings (SSSR count). The zero-order chi connectivity index (χ0) is 13.4. The van der Waals surface area contributed by atoms with E-state index >= 15 is 0 Å². The van der Waals surface area contributed by atoms with Crippen molar-refractivity contribution in [1.29, 1.82) is 5.26 Å². The summed E-state index contributed by atoms with van der Waals surface area (Å²) in [4.78, 5) is 23.0. The molecule has 2 heterocycles. The summed E-state index contributed by atoms with van der Waals surface area (Å²) in [7, 11) is 0. The van der Waals surface area contributed by atoms with Crippen LogP contribution in [0.25, 0.3) is 0 Å². The van der Waals surface area contributed by atoms with Gasteiger partial charge in [-0.3, -0.25) is 9.59 Å². The molecular formula is C11H12N4O3. The van der Waals surface area contributed by atoms with Crippen LogP contribution in [-0.2, 0) is 9.59 Å². The highest BCUT2D eigenvalue weighted by Crippen LogP contribution is 2.33. The highest BCUT2D eigenvalue weighted by Gasteiger charge is 2.46. The molecule has 0 aliphatic carbocycles. The number of carboxylic acid groups (broad SMARTS) is 1. The van der Waals surface area contributed by atoms with Crippen LogP contribution in [0, 0.1) is 17.2 Å². The zero-order valence-electron chi connectivity index (χ0n) is 9.54. The van der Waals surface area contributed by atoms with E-state index in [0.29, 0.717) is 0 Å². The molecule has 18 heavy (non-hydrogen) atoms. The van der Waals surface area contributed by atoms with E-state index in [9.17, 15) is 9.59 Å². The highest BCUT2D eigenvalue weighted by atomic mass is 16.4.